The van der Waals surface area contributed by atoms with Crippen molar-refractivity contribution in [2.24, 2.45) is 0 Å². The van der Waals surface area contributed by atoms with Crippen molar-refractivity contribution in [3.8, 4) is 17.0 Å². The van der Waals surface area contributed by atoms with Gasteiger partial charge >= 0.3 is 0 Å². The van der Waals surface area contributed by atoms with E-state index in [9.17, 15) is 4.39 Å². The molecule has 2 heterocycles. The van der Waals surface area contributed by atoms with Gasteiger partial charge in [0.2, 0.25) is 0 Å². The van der Waals surface area contributed by atoms with Crippen LogP contribution < -0.4 is 4.74 Å². The lowest BCUT2D eigenvalue weighted by Crippen LogP contribution is -2.42. The Balaban J connectivity index is 1.40. The fourth-order valence-corrected chi connectivity index (χ4v) is 4.66. The summed E-state index contributed by atoms with van der Waals surface area (Å²) in [7, 11) is 1.72. The number of aryl methyl sites for hydroxylation is 1. The first-order valence-corrected chi connectivity index (χ1v) is 9.94. The van der Waals surface area contributed by atoms with Crippen LogP contribution in [-0.2, 0) is 25.8 Å². The summed E-state index contributed by atoms with van der Waals surface area (Å²) in [6.07, 6.45) is 4.22. The van der Waals surface area contributed by atoms with E-state index in [4.69, 9.17) is 4.74 Å². The minimum atomic E-state index is -0.215. The van der Waals surface area contributed by atoms with E-state index < -0.39 is 0 Å². The van der Waals surface area contributed by atoms with Crippen LogP contribution in [0, 0.1) is 5.82 Å². The minimum absolute atomic E-state index is 0.215. The van der Waals surface area contributed by atoms with E-state index in [1.54, 1.807) is 13.2 Å². The van der Waals surface area contributed by atoms with Gasteiger partial charge in [-0.25, -0.2) is 4.39 Å². The van der Waals surface area contributed by atoms with Crippen LogP contribution in [-0.4, -0.2) is 34.8 Å². The number of nitrogens with one attached hydrogen (secondary N) is 1. The van der Waals surface area contributed by atoms with Gasteiger partial charge in [-0.2, -0.15) is 5.10 Å². The molecule has 1 aliphatic heterocycles. The van der Waals surface area contributed by atoms with Gasteiger partial charge in [0.1, 0.15) is 11.6 Å². The zero-order valence-corrected chi connectivity index (χ0v) is 16.0. The lowest BCUT2D eigenvalue weighted by atomic mass is 9.86. The average molecular weight is 377 g/mol. The summed E-state index contributed by atoms with van der Waals surface area (Å²) in [5.74, 6) is 0.713. The van der Waals surface area contributed by atoms with Crippen LogP contribution in [0.4, 0.5) is 4.39 Å². The van der Waals surface area contributed by atoms with Crippen molar-refractivity contribution in [2.45, 2.75) is 38.3 Å². The molecule has 3 aromatic rings. The van der Waals surface area contributed by atoms with E-state index in [1.807, 2.05) is 12.1 Å². The van der Waals surface area contributed by atoms with Gasteiger partial charge in [0.15, 0.2) is 0 Å². The first-order valence-electron chi connectivity index (χ1n) is 9.94. The molecule has 0 saturated heterocycles. The Morgan fingerprint density at radius 1 is 1.14 bits per heavy atom. The van der Waals surface area contributed by atoms with E-state index in [0.29, 0.717) is 11.6 Å². The van der Waals surface area contributed by atoms with Crippen molar-refractivity contribution < 1.29 is 9.13 Å². The van der Waals surface area contributed by atoms with Crippen LogP contribution in [0.25, 0.3) is 11.3 Å². The predicted octanol–water partition coefficient (Wildman–Crippen LogP) is 4.14. The third-order valence-electron chi connectivity index (χ3n) is 6.22. The molecule has 28 heavy (non-hydrogen) atoms. The maximum Gasteiger partial charge on any atom is 0.132 e. The maximum absolute atomic E-state index is 14.3. The number of benzene rings is 2. The number of ether oxygens (including phenoxy) is 1. The molecular formula is C23H24FN3O. The Morgan fingerprint density at radius 2 is 2.04 bits per heavy atom. The number of hydrogen-bond acceptors (Lipinski definition) is 3. The fraction of sp³-hybridized carbons (Fsp3) is 0.348. The highest BCUT2D eigenvalue weighted by molar-refractivity contribution is 5.65. The van der Waals surface area contributed by atoms with Crippen LogP contribution in [0.5, 0.6) is 5.75 Å². The molecule has 0 fully saturated rings. The molecule has 1 atom stereocenters. The number of fused-ring (bicyclic) bond motifs is 2. The fourth-order valence-electron chi connectivity index (χ4n) is 4.66. The summed E-state index contributed by atoms with van der Waals surface area (Å²) in [6, 6.07) is 13.8. The zero-order chi connectivity index (χ0) is 19.1. The molecule has 0 spiro atoms. The van der Waals surface area contributed by atoms with Crippen LogP contribution in [0.15, 0.2) is 42.5 Å². The number of H-pyrrole nitrogens is 1. The molecule has 1 aromatic heterocycles. The van der Waals surface area contributed by atoms with Crippen molar-refractivity contribution in [3.63, 3.8) is 0 Å². The third-order valence-corrected chi connectivity index (χ3v) is 6.22. The zero-order valence-electron chi connectivity index (χ0n) is 16.0. The standard InChI is InChI=1S/C23H24FN3O/c1-28-18-9-7-15-6-8-17(12-16(15)13-18)27-11-10-22-20(14-27)23(26-25-22)19-4-2-3-5-21(19)24/h2-5,7,9,13,17H,6,8,10-12,14H2,1H3,(H,25,26). The Bertz CT molecular complexity index is 1010. The summed E-state index contributed by atoms with van der Waals surface area (Å²) < 4.78 is 19.7. The van der Waals surface area contributed by atoms with E-state index in [1.165, 1.54) is 17.2 Å². The average Bonchev–Trinajstić information content (AvgIpc) is 3.16. The Morgan fingerprint density at radius 3 is 2.89 bits per heavy atom. The number of rotatable bonds is 3. The monoisotopic (exact) mass is 377 g/mol. The van der Waals surface area contributed by atoms with Crippen molar-refractivity contribution in [3.05, 3.63) is 70.7 Å². The Kier molecular flexibility index (Phi) is 4.40. The summed E-state index contributed by atoms with van der Waals surface area (Å²) >= 11 is 0. The molecule has 2 aromatic carbocycles. The second kappa shape index (κ2) is 7.06. The lowest BCUT2D eigenvalue weighted by molar-refractivity contribution is 0.163. The summed E-state index contributed by atoms with van der Waals surface area (Å²) in [5, 5.41) is 7.61. The van der Waals surface area contributed by atoms with Gasteiger partial charge in [0.25, 0.3) is 0 Å². The van der Waals surface area contributed by atoms with Crippen LogP contribution in [0.3, 0.4) is 0 Å². The predicted molar refractivity (Wildman–Crippen MR) is 107 cm³/mol. The SMILES string of the molecule is COc1ccc2c(c1)CC(N1CCc3[nH]nc(-c4ccccc4F)c3C1)CC2. The van der Waals surface area contributed by atoms with Gasteiger partial charge in [0, 0.05) is 42.4 Å². The molecule has 4 nitrogen and oxygen atoms in total. The molecule has 0 bridgehead atoms. The smallest absolute Gasteiger partial charge is 0.132 e. The van der Waals surface area contributed by atoms with Crippen LogP contribution in [0.1, 0.15) is 28.8 Å². The molecule has 2 aliphatic rings. The van der Waals surface area contributed by atoms with Crippen molar-refractivity contribution in [1.82, 2.24) is 15.1 Å². The first kappa shape index (κ1) is 17.4. The third kappa shape index (κ3) is 3.00. The number of nitrogens with zero attached hydrogens (tertiary/aromatic N) is 2. The van der Waals surface area contributed by atoms with E-state index in [0.717, 1.165) is 61.5 Å². The molecule has 1 N–H and O–H groups in total. The van der Waals surface area contributed by atoms with Gasteiger partial charge in [0.05, 0.1) is 12.8 Å². The van der Waals surface area contributed by atoms with Crippen LogP contribution >= 0.6 is 0 Å². The summed E-state index contributed by atoms with van der Waals surface area (Å²) in [4.78, 5) is 2.55. The van der Waals surface area contributed by atoms with Gasteiger partial charge in [-0.05, 0) is 54.7 Å². The second-order valence-corrected chi connectivity index (χ2v) is 7.76. The first-order chi connectivity index (χ1) is 13.7. The summed E-state index contributed by atoms with van der Waals surface area (Å²) in [5.41, 5.74) is 6.46. The highest BCUT2D eigenvalue weighted by Crippen LogP contribution is 2.34. The van der Waals surface area contributed by atoms with Gasteiger partial charge < -0.3 is 4.74 Å². The Labute approximate surface area is 164 Å². The molecule has 0 radical (unpaired) electrons. The number of aromatic amines is 1. The number of hydrogen-bond donors (Lipinski definition) is 1. The molecular weight excluding hydrogens is 353 g/mol. The quantitative estimate of drug-likeness (QED) is 0.746. The second-order valence-electron chi connectivity index (χ2n) is 7.76. The van der Waals surface area contributed by atoms with Crippen molar-refractivity contribution >= 4 is 0 Å². The highest BCUT2D eigenvalue weighted by atomic mass is 19.1. The minimum Gasteiger partial charge on any atom is -0.497 e. The molecule has 5 heteroatoms. The van der Waals surface area contributed by atoms with Gasteiger partial charge in [-0.15, -0.1) is 0 Å². The normalized spacial score (nSPS) is 19.1. The topological polar surface area (TPSA) is 41.1 Å². The molecule has 0 amide bonds. The number of methoxy groups -OCH3 is 1. The van der Waals surface area contributed by atoms with Crippen LogP contribution in [0.2, 0.25) is 0 Å². The van der Waals surface area contributed by atoms with E-state index >= 15 is 0 Å². The molecule has 1 aliphatic carbocycles. The largest absolute Gasteiger partial charge is 0.497 e. The van der Waals surface area contributed by atoms with Crippen molar-refractivity contribution in [1.29, 1.82) is 0 Å². The lowest BCUT2D eigenvalue weighted by Gasteiger charge is -2.37. The Hall–Kier alpha value is -2.66. The number of halogens is 1. The highest BCUT2D eigenvalue weighted by Gasteiger charge is 2.30. The van der Waals surface area contributed by atoms with Gasteiger partial charge in [-0.3, -0.25) is 10.00 Å². The number of aromatic nitrogens is 2. The van der Waals surface area contributed by atoms with E-state index in [2.05, 4.69) is 33.3 Å². The molecule has 144 valence electrons. The van der Waals surface area contributed by atoms with E-state index in [-0.39, 0.29) is 5.82 Å². The van der Waals surface area contributed by atoms with Crippen molar-refractivity contribution in [2.75, 3.05) is 13.7 Å². The molecule has 1 unspecified atom stereocenters. The molecule has 0 saturated carbocycles. The maximum atomic E-state index is 14.3. The summed E-state index contributed by atoms with van der Waals surface area (Å²) in [6.45, 7) is 1.83. The molecule has 5 rings (SSSR count). The van der Waals surface area contributed by atoms with Gasteiger partial charge in [-0.1, -0.05) is 18.2 Å².